The van der Waals surface area contributed by atoms with Crippen LogP contribution in [0.5, 0.6) is 0 Å². The molecule has 1 aromatic carbocycles. The van der Waals surface area contributed by atoms with Gasteiger partial charge in [-0.05, 0) is 49.5 Å². The summed E-state index contributed by atoms with van der Waals surface area (Å²) >= 11 is 13.5. The van der Waals surface area contributed by atoms with Gasteiger partial charge < -0.3 is 9.55 Å². The van der Waals surface area contributed by atoms with Crippen molar-refractivity contribution >= 4 is 46.6 Å². The Kier molecular flexibility index (Phi) is 3.43. The highest BCUT2D eigenvalue weighted by atomic mass is 35.5. The number of halogens is 1. The van der Waals surface area contributed by atoms with E-state index < -0.39 is 0 Å². The highest BCUT2D eigenvalue weighted by Gasteiger charge is 2.29. The number of aromatic nitrogens is 2. The minimum Gasteiger partial charge on any atom is -0.331 e. The van der Waals surface area contributed by atoms with Crippen molar-refractivity contribution in [3.8, 4) is 0 Å². The number of rotatable bonds is 2. The summed E-state index contributed by atoms with van der Waals surface area (Å²) in [7, 11) is 0. The van der Waals surface area contributed by atoms with Gasteiger partial charge in [-0.15, -0.1) is 0 Å². The van der Waals surface area contributed by atoms with Crippen molar-refractivity contribution < 1.29 is 0 Å². The second kappa shape index (κ2) is 4.91. The van der Waals surface area contributed by atoms with Crippen LogP contribution in [-0.2, 0) is 0 Å². The fourth-order valence-electron chi connectivity index (χ4n) is 2.91. The normalized spacial score (nSPS) is 23.9. The summed E-state index contributed by atoms with van der Waals surface area (Å²) < 4.78 is 3.10. The summed E-state index contributed by atoms with van der Waals surface area (Å²) in [4.78, 5) is 3.27. The Morgan fingerprint density at radius 3 is 3.06 bits per heavy atom. The standard InChI is InChI=1S/C13H15ClN2S2/c1-18-12-4-2-3-11(12)16-10-6-5-8(14)7-9(10)15-13(16)17/h5-7,11-12H,2-4H2,1H3,(H,15,17). The molecule has 0 bridgehead atoms. The van der Waals surface area contributed by atoms with Crippen LogP contribution in [-0.4, -0.2) is 21.1 Å². The molecule has 18 heavy (non-hydrogen) atoms. The maximum Gasteiger partial charge on any atom is 0.178 e. The average molecular weight is 299 g/mol. The third-order valence-electron chi connectivity index (χ3n) is 3.73. The first-order valence-electron chi connectivity index (χ1n) is 6.13. The van der Waals surface area contributed by atoms with Crippen molar-refractivity contribution in [1.29, 1.82) is 0 Å². The van der Waals surface area contributed by atoms with E-state index in [1.165, 1.54) is 24.8 Å². The van der Waals surface area contributed by atoms with E-state index in [0.29, 0.717) is 11.3 Å². The van der Waals surface area contributed by atoms with E-state index in [4.69, 9.17) is 23.8 Å². The molecule has 1 aliphatic rings. The molecule has 3 rings (SSSR count). The number of thioether (sulfide) groups is 1. The van der Waals surface area contributed by atoms with E-state index in [-0.39, 0.29) is 0 Å². The highest BCUT2D eigenvalue weighted by molar-refractivity contribution is 7.99. The topological polar surface area (TPSA) is 20.7 Å². The number of fused-ring (bicyclic) bond motifs is 1. The molecule has 2 aromatic rings. The molecule has 2 unspecified atom stereocenters. The van der Waals surface area contributed by atoms with Gasteiger partial charge >= 0.3 is 0 Å². The minimum atomic E-state index is 0.516. The first kappa shape index (κ1) is 12.6. The first-order valence-corrected chi connectivity index (χ1v) is 8.20. The molecule has 2 atom stereocenters. The Labute approximate surface area is 121 Å². The second-order valence-electron chi connectivity index (χ2n) is 4.73. The van der Waals surface area contributed by atoms with Crippen LogP contribution in [0.2, 0.25) is 5.02 Å². The molecule has 96 valence electrons. The summed E-state index contributed by atoms with van der Waals surface area (Å²) in [6.45, 7) is 0. The molecule has 2 nitrogen and oxygen atoms in total. The number of hydrogen-bond acceptors (Lipinski definition) is 2. The minimum absolute atomic E-state index is 0.516. The van der Waals surface area contributed by atoms with E-state index in [9.17, 15) is 0 Å². The highest BCUT2D eigenvalue weighted by Crippen LogP contribution is 2.39. The van der Waals surface area contributed by atoms with Gasteiger partial charge in [-0.25, -0.2) is 0 Å². The molecule has 1 aromatic heterocycles. The summed E-state index contributed by atoms with van der Waals surface area (Å²) in [5.74, 6) is 0. The molecule has 5 heteroatoms. The van der Waals surface area contributed by atoms with Gasteiger partial charge in [0.1, 0.15) is 0 Å². The van der Waals surface area contributed by atoms with Gasteiger partial charge in [0.25, 0.3) is 0 Å². The lowest BCUT2D eigenvalue weighted by atomic mass is 10.2. The van der Waals surface area contributed by atoms with Crippen molar-refractivity contribution in [2.45, 2.75) is 30.6 Å². The maximum absolute atomic E-state index is 6.03. The third-order valence-corrected chi connectivity index (χ3v) is 5.42. The molecule has 0 amide bonds. The van der Waals surface area contributed by atoms with Crippen LogP contribution < -0.4 is 0 Å². The lowest BCUT2D eigenvalue weighted by molar-refractivity contribution is 0.536. The molecule has 0 radical (unpaired) electrons. The van der Waals surface area contributed by atoms with Gasteiger partial charge in [0.2, 0.25) is 0 Å². The molecule has 0 spiro atoms. The Hall–Kier alpha value is -0.450. The fourth-order valence-corrected chi connectivity index (χ4v) is 4.40. The molecule has 0 aliphatic heterocycles. The van der Waals surface area contributed by atoms with Crippen molar-refractivity contribution in [2.24, 2.45) is 0 Å². The zero-order chi connectivity index (χ0) is 12.7. The van der Waals surface area contributed by atoms with Crippen LogP contribution in [0.15, 0.2) is 18.2 Å². The van der Waals surface area contributed by atoms with Crippen LogP contribution in [0.4, 0.5) is 0 Å². The van der Waals surface area contributed by atoms with E-state index in [1.54, 1.807) is 0 Å². The van der Waals surface area contributed by atoms with Crippen molar-refractivity contribution in [2.75, 3.05) is 6.26 Å². The fraction of sp³-hybridized carbons (Fsp3) is 0.462. The van der Waals surface area contributed by atoms with Gasteiger partial charge in [0.15, 0.2) is 4.77 Å². The SMILES string of the molecule is CSC1CCCC1n1c(=S)[nH]c2cc(Cl)ccc21. The monoisotopic (exact) mass is 298 g/mol. The number of aromatic amines is 1. The van der Waals surface area contributed by atoms with Crippen LogP contribution in [0.25, 0.3) is 11.0 Å². The summed E-state index contributed by atoms with van der Waals surface area (Å²) in [5, 5.41) is 1.42. The number of hydrogen-bond donors (Lipinski definition) is 1. The average Bonchev–Trinajstić information content (AvgIpc) is 2.90. The third kappa shape index (κ3) is 2.00. The lowest BCUT2D eigenvalue weighted by Gasteiger charge is -2.20. The maximum atomic E-state index is 6.03. The molecule has 1 saturated carbocycles. The largest absolute Gasteiger partial charge is 0.331 e. The summed E-state index contributed by atoms with van der Waals surface area (Å²) in [5.41, 5.74) is 2.22. The quantitative estimate of drug-likeness (QED) is 0.803. The smallest absolute Gasteiger partial charge is 0.178 e. The number of nitrogens with one attached hydrogen (secondary N) is 1. The van der Waals surface area contributed by atoms with Gasteiger partial charge in [-0.3, -0.25) is 0 Å². The molecular formula is C13H15ClN2S2. The van der Waals surface area contributed by atoms with Gasteiger partial charge in [0, 0.05) is 16.3 Å². The predicted molar refractivity (Wildman–Crippen MR) is 82.3 cm³/mol. The van der Waals surface area contributed by atoms with E-state index in [0.717, 1.165) is 15.3 Å². The van der Waals surface area contributed by atoms with Crippen molar-refractivity contribution in [3.63, 3.8) is 0 Å². The number of H-pyrrole nitrogens is 1. The predicted octanol–water partition coefficient (Wildman–Crippen LogP) is 4.81. The lowest BCUT2D eigenvalue weighted by Crippen LogP contribution is -2.15. The van der Waals surface area contributed by atoms with Crippen LogP contribution >= 0.6 is 35.6 Å². The van der Waals surface area contributed by atoms with E-state index >= 15 is 0 Å². The number of benzene rings is 1. The molecule has 1 heterocycles. The van der Waals surface area contributed by atoms with Crippen molar-refractivity contribution in [1.82, 2.24) is 9.55 Å². The molecule has 1 N–H and O–H groups in total. The van der Waals surface area contributed by atoms with Gasteiger partial charge in [0.05, 0.1) is 11.0 Å². The Bertz CT molecular complexity index is 631. The molecule has 1 aliphatic carbocycles. The van der Waals surface area contributed by atoms with Crippen LogP contribution in [0.3, 0.4) is 0 Å². The van der Waals surface area contributed by atoms with E-state index in [2.05, 4.69) is 21.9 Å². The summed E-state index contributed by atoms with van der Waals surface area (Å²) in [6.07, 6.45) is 5.99. The van der Waals surface area contributed by atoms with E-state index in [1.807, 2.05) is 23.9 Å². The first-order chi connectivity index (χ1) is 8.70. The van der Waals surface area contributed by atoms with Crippen LogP contribution in [0.1, 0.15) is 25.3 Å². The van der Waals surface area contributed by atoms with Gasteiger partial charge in [-0.1, -0.05) is 18.0 Å². The van der Waals surface area contributed by atoms with Gasteiger partial charge in [-0.2, -0.15) is 11.8 Å². The zero-order valence-electron chi connectivity index (χ0n) is 10.1. The van der Waals surface area contributed by atoms with Crippen LogP contribution in [0, 0.1) is 4.77 Å². The Morgan fingerprint density at radius 2 is 2.28 bits per heavy atom. The number of imidazole rings is 1. The number of nitrogens with zero attached hydrogens (tertiary/aromatic N) is 1. The molecule has 1 fully saturated rings. The molecular weight excluding hydrogens is 284 g/mol. The summed E-state index contributed by atoms with van der Waals surface area (Å²) in [6, 6.07) is 6.47. The molecule has 0 saturated heterocycles. The Morgan fingerprint density at radius 1 is 1.44 bits per heavy atom. The zero-order valence-corrected chi connectivity index (χ0v) is 12.5. The second-order valence-corrected chi connectivity index (χ2v) is 6.63. The van der Waals surface area contributed by atoms with Crippen molar-refractivity contribution in [3.05, 3.63) is 28.0 Å². The Balaban J connectivity index is 2.16.